The van der Waals surface area contributed by atoms with Crippen molar-refractivity contribution in [2.24, 2.45) is 0 Å². The maximum atomic E-state index is 13.7. The van der Waals surface area contributed by atoms with Gasteiger partial charge in [-0.1, -0.05) is 121 Å². The molecule has 0 aromatic heterocycles. The van der Waals surface area contributed by atoms with Gasteiger partial charge in [-0.15, -0.1) is 0 Å². The second-order valence-corrected chi connectivity index (χ2v) is 14.1. The van der Waals surface area contributed by atoms with Crippen LogP contribution in [0.2, 0.25) is 0 Å². The van der Waals surface area contributed by atoms with E-state index in [2.05, 4.69) is 0 Å². The van der Waals surface area contributed by atoms with Crippen molar-refractivity contribution in [3.8, 4) is 0 Å². The van der Waals surface area contributed by atoms with Gasteiger partial charge in [0.25, 0.3) is 0 Å². The summed E-state index contributed by atoms with van der Waals surface area (Å²) in [4.78, 5) is 0. The summed E-state index contributed by atoms with van der Waals surface area (Å²) in [6, 6.07) is 36.4. The third kappa shape index (κ3) is 11.0. The third-order valence-corrected chi connectivity index (χ3v) is 9.90. The van der Waals surface area contributed by atoms with Gasteiger partial charge in [0.05, 0.1) is 39.6 Å². The van der Waals surface area contributed by atoms with E-state index >= 15 is 0 Å². The van der Waals surface area contributed by atoms with Crippen LogP contribution in [0.3, 0.4) is 0 Å². The summed E-state index contributed by atoms with van der Waals surface area (Å²) in [5.74, 6) is 0. The molecule has 0 unspecified atom stereocenters. The maximum absolute atomic E-state index is 13.7. The molecule has 0 saturated carbocycles. The fourth-order valence-electron chi connectivity index (χ4n) is 4.57. The van der Waals surface area contributed by atoms with Crippen molar-refractivity contribution < 1.29 is 51.2 Å². The van der Waals surface area contributed by atoms with Crippen molar-refractivity contribution in [2.75, 3.05) is 13.2 Å². The van der Waals surface area contributed by atoms with Gasteiger partial charge in [0.15, 0.2) is 0 Å². The smallest absolute Gasteiger partial charge is 0.388 e. The molecule has 13 heteroatoms. The molecule has 4 atom stereocenters. The van der Waals surface area contributed by atoms with E-state index in [1.807, 2.05) is 72.8 Å². The van der Waals surface area contributed by atoms with Gasteiger partial charge in [0.2, 0.25) is 0 Å². The Morgan fingerprint density at radius 3 is 0.957 bits per heavy atom. The molecule has 0 radical (unpaired) electrons. The van der Waals surface area contributed by atoms with E-state index in [1.165, 1.54) is 0 Å². The summed E-state index contributed by atoms with van der Waals surface area (Å²) in [6.07, 6.45) is -5.17. The third-order valence-electron chi connectivity index (χ3n) is 7.18. The van der Waals surface area contributed by atoms with Gasteiger partial charge < -0.3 is 14.9 Å². The Labute approximate surface area is 274 Å². The molecule has 1 saturated heterocycles. The lowest BCUT2D eigenvalue weighted by atomic mass is 10.1. The van der Waals surface area contributed by atoms with Crippen LogP contribution in [0.1, 0.15) is 22.3 Å². The second-order valence-electron chi connectivity index (χ2n) is 10.7. The van der Waals surface area contributed by atoms with E-state index in [9.17, 15) is 19.3 Å². The Kier molecular flexibility index (Phi) is 13.1. The summed E-state index contributed by atoms with van der Waals surface area (Å²) >= 11 is 0. The van der Waals surface area contributed by atoms with Crippen LogP contribution < -0.4 is 0 Å². The zero-order valence-electron chi connectivity index (χ0n) is 25.6. The molecule has 47 heavy (non-hydrogen) atoms. The van der Waals surface area contributed by atoms with Gasteiger partial charge in [-0.2, -0.15) is 0 Å². The number of hydrogen-bond acceptors (Lipinski definition) is 11. The van der Waals surface area contributed by atoms with Crippen LogP contribution >= 0.6 is 15.6 Å². The molecule has 4 aromatic carbocycles. The van der Waals surface area contributed by atoms with Crippen molar-refractivity contribution in [2.45, 2.75) is 50.8 Å². The number of phosphoric acid groups is 2. The van der Waals surface area contributed by atoms with Crippen LogP contribution in [0, 0.1) is 0 Å². The number of aliphatic hydroxyl groups excluding tert-OH is 2. The molecule has 4 aromatic rings. The minimum Gasteiger partial charge on any atom is -0.388 e. The van der Waals surface area contributed by atoms with E-state index in [-0.39, 0.29) is 26.4 Å². The van der Waals surface area contributed by atoms with Gasteiger partial charge in [-0.05, 0) is 22.3 Å². The zero-order valence-corrected chi connectivity index (χ0v) is 27.4. The molecule has 1 heterocycles. The summed E-state index contributed by atoms with van der Waals surface area (Å²) in [6.45, 7) is -1.10. The first-order chi connectivity index (χ1) is 22.8. The van der Waals surface area contributed by atoms with Gasteiger partial charge in [-0.3, -0.25) is 27.1 Å². The van der Waals surface area contributed by atoms with Crippen LogP contribution in [-0.4, -0.2) is 47.8 Å². The Hall–Kier alpha value is -3.02. The van der Waals surface area contributed by atoms with Crippen LogP contribution in [-0.2, 0) is 67.4 Å². The largest absolute Gasteiger partial charge is 0.475 e. The lowest BCUT2D eigenvalue weighted by Crippen LogP contribution is -2.35. The first kappa shape index (κ1) is 35.3. The summed E-state index contributed by atoms with van der Waals surface area (Å²) in [7, 11) is -8.35. The molecular formula is C34H38O11P2. The van der Waals surface area contributed by atoms with Crippen molar-refractivity contribution in [3.05, 3.63) is 144 Å². The minimum atomic E-state index is -4.18. The average molecular weight is 685 g/mol. The highest BCUT2D eigenvalue weighted by molar-refractivity contribution is 7.48. The first-order valence-corrected chi connectivity index (χ1v) is 18.0. The molecule has 0 aliphatic carbocycles. The number of phosphoric ester groups is 2. The highest BCUT2D eigenvalue weighted by Gasteiger charge is 2.45. The molecule has 1 fully saturated rings. The van der Waals surface area contributed by atoms with E-state index in [1.54, 1.807) is 48.5 Å². The fraction of sp³-hybridized carbons (Fsp3) is 0.294. The van der Waals surface area contributed by atoms with Crippen molar-refractivity contribution in [3.63, 3.8) is 0 Å². The van der Waals surface area contributed by atoms with Gasteiger partial charge in [0, 0.05) is 0 Å². The van der Waals surface area contributed by atoms with Gasteiger partial charge in [-0.25, -0.2) is 9.13 Å². The number of hydrogen-bond donors (Lipinski definition) is 2. The SMILES string of the molecule is O=P(OCc1ccccc1)(OCc1ccccc1)OC[C@@H]1O[C@H](COP(=O)(OCc2ccccc2)OCc2ccccc2)[C@@H](O)[C@@H]1O. The fourth-order valence-corrected chi connectivity index (χ4v) is 6.90. The molecule has 11 nitrogen and oxygen atoms in total. The number of rotatable bonds is 18. The molecule has 1 aliphatic heterocycles. The normalized spacial score (nSPS) is 20.0. The van der Waals surface area contributed by atoms with E-state index in [4.69, 9.17) is 31.9 Å². The number of ether oxygens (including phenoxy) is 1. The van der Waals surface area contributed by atoms with Gasteiger partial charge in [0.1, 0.15) is 24.4 Å². The van der Waals surface area contributed by atoms with Crippen LogP contribution in [0.15, 0.2) is 121 Å². The Bertz CT molecular complexity index is 1370. The second kappa shape index (κ2) is 17.4. The Morgan fingerprint density at radius 1 is 0.447 bits per heavy atom. The number of benzene rings is 4. The lowest BCUT2D eigenvalue weighted by molar-refractivity contribution is -0.0446. The lowest BCUT2D eigenvalue weighted by Gasteiger charge is -2.22. The van der Waals surface area contributed by atoms with Gasteiger partial charge >= 0.3 is 15.6 Å². The molecule has 0 amide bonds. The van der Waals surface area contributed by atoms with Crippen LogP contribution in [0.25, 0.3) is 0 Å². The van der Waals surface area contributed by atoms with E-state index in [0.29, 0.717) is 0 Å². The predicted octanol–water partition coefficient (Wildman–Crippen LogP) is 6.59. The molecule has 5 rings (SSSR count). The highest BCUT2D eigenvalue weighted by Crippen LogP contribution is 2.53. The molecule has 250 valence electrons. The van der Waals surface area contributed by atoms with Crippen molar-refractivity contribution in [1.29, 1.82) is 0 Å². The molecular weight excluding hydrogens is 646 g/mol. The average Bonchev–Trinajstić information content (AvgIpc) is 3.40. The monoisotopic (exact) mass is 684 g/mol. The van der Waals surface area contributed by atoms with Crippen LogP contribution in [0.4, 0.5) is 0 Å². The minimum absolute atomic E-state index is 0.0542. The topological polar surface area (TPSA) is 139 Å². The van der Waals surface area contributed by atoms with Crippen molar-refractivity contribution >= 4 is 15.6 Å². The zero-order chi connectivity index (χ0) is 33.0. The van der Waals surface area contributed by atoms with Crippen LogP contribution in [0.5, 0.6) is 0 Å². The highest BCUT2D eigenvalue weighted by atomic mass is 31.2. The predicted molar refractivity (Wildman–Crippen MR) is 173 cm³/mol. The summed E-state index contributed by atoms with van der Waals surface area (Å²) in [5, 5.41) is 21.5. The summed E-state index contributed by atoms with van der Waals surface area (Å²) in [5.41, 5.74) is 2.99. The standard InChI is InChI=1S/C34H38O11P2/c35-33-31(25-43-46(37,39-21-27-13-5-1-6-14-27)40-22-28-15-7-2-8-16-28)45-32(34(33)36)26-44-47(38,41-23-29-17-9-3-10-18-29)42-24-30-19-11-4-12-20-30/h1-20,31-36H,21-26H2/t31-,32+,33-,34-/m1/s1. The number of aliphatic hydroxyl groups is 2. The molecule has 0 bridgehead atoms. The van der Waals surface area contributed by atoms with E-state index < -0.39 is 53.3 Å². The Morgan fingerprint density at radius 2 is 0.702 bits per heavy atom. The summed E-state index contributed by atoms with van der Waals surface area (Å²) < 4.78 is 66.9. The van der Waals surface area contributed by atoms with Crippen molar-refractivity contribution in [1.82, 2.24) is 0 Å². The Balaban J connectivity index is 1.20. The molecule has 2 N–H and O–H groups in total. The quantitative estimate of drug-likeness (QED) is 0.110. The first-order valence-electron chi connectivity index (χ1n) is 15.1. The maximum Gasteiger partial charge on any atom is 0.475 e. The van der Waals surface area contributed by atoms with E-state index in [0.717, 1.165) is 22.3 Å². The molecule has 1 aliphatic rings. The molecule has 0 spiro atoms.